The van der Waals surface area contributed by atoms with Gasteiger partial charge in [-0.1, -0.05) is 0 Å². The van der Waals surface area contributed by atoms with Crippen LogP contribution in [0.4, 0.5) is 4.79 Å². The first-order valence-electron chi connectivity index (χ1n) is 9.05. The van der Waals surface area contributed by atoms with Crippen LogP contribution in [-0.2, 0) is 0 Å². The SMILES string of the molecule is O=C(c1csc(-c2ccco2)n1)N1CCN(C(=O)N2CCCCC2)CC1. The van der Waals surface area contributed by atoms with Gasteiger partial charge < -0.3 is 19.1 Å². The molecule has 2 aliphatic rings. The van der Waals surface area contributed by atoms with Crippen LogP contribution in [0.2, 0.25) is 0 Å². The van der Waals surface area contributed by atoms with Crippen molar-refractivity contribution in [3.63, 3.8) is 0 Å². The van der Waals surface area contributed by atoms with Crippen LogP contribution < -0.4 is 0 Å². The molecule has 0 aliphatic carbocycles. The van der Waals surface area contributed by atoms with Crippen molar-refractivity contribution < 1.29 is 14.0 Å². The van der Waals surface area contributed by atoms with E-state index in [1.54, 1.807) is 22.6 Å². The summed E-state index contributed by atoms with van der Waals surface area (Å²) in [4.78, 5) is 35.2. The Bertz CT molecular complexity index is 759. The molecule has 0 atom stereocenters. The fourth-order valence-electron chi connectivity index (χ4n) is 3.43. The first kappa shape index (κ1) is 17.1. The van der Waals surface area contributed by atoms with Gasteiger partial charge in [-0.3, -0.25) is 4.79 Å². The third kappa shape index (κ3) is 3.46. The molecule has 2 aromatic heterocycles. The standard InChI is InChI=1S/C18H22N4O3S/c23-17(14-13-26-16(19-14)15-5-4-12-25-15)20-8-10-22(11-9-20)18(24)21-6-2-1-3-7-21/h4-5,12-13H,1-3,6-11H2. The largest absolute Gasteiger partial charge is 0.462 e. The number of piperidine rings is 1. The maximum Gasteiger partial charge on any atom is 0.320 e. The van der Waals surface area contributed by atoms with Gasteiger partial charge in [-0.2, -0.15) is 0 Å². The van der Waals surface area contributed by atoms with Gasteiger partial charge in [0, 0.05) is 44.6 Å². The summed E-state index contributed by atoms with van der Waals surface area (Å²) in [5.41, 5.74) is 0.442. The van der Waals surface area contributed by atoms with Gasteiger partial charge in [0.25, 0.3) is 5.91 Å². The summed E-state index contributed by atoms with van der Waals surface area (Å²) in [6.45, 7) is 3.96. The Labute approximate surface area is 156 Å². The summed E-state index contributed by atoms with van der Waals surface area (Å²) in [6.07, 6.45) is 4.98. The van der Waals surface area contributed by atoms with E-state index in [0.717, 1.165) is 25.9 Å². The van der Waals surface area contributed by atoms with Crippen molar-refractivity contribution in [3.05, 3.63) is 29.5 Å². The highest BCUT2D eigenvalue weighted by atomic mass is 32.1. The van der Waals surface area contributed by atoms with Crippen LogP contribution in [0, 0.1) is 0 Å². The van der Waals surface area contributed by atoms with Gasteiger partial charge >= 0.3 is 6.03 Å². The summed E-state index contributed by atoms with van der Waals surface area (Å²) in [6, 6.07) is 3.75. The van der Waals surface area contributed by atoms with E-state index in [1.807, 2.05) is 15.9 Å². The average molecular weight is 374 g/mol. The van der Waals surface area contributed by atoms with E-state index in [2.05, 4.69) is 4.98 Å². The zero-order valence-corrected chi connectivity index (χ0v) is 15.4. The number of piperazine rings is 1. The fourth-order valence-corrected chi connectivity index (χ4v) is 4.19. The Balaban J connectivity index is 1.34. The molecule has 0 spiro atoms. The fraction of sp³-hybridized carbons (Fsp3) is 0.500. The van der Waals surface area contributed by atoms with Crippen molar-refractivity contribution in [2.45, 2.75) is 19.3 Å². The molecule has 0 N–H and O–H groups in total. The number of carbonyl (C=O) groups is 2. The molecule has 0 aromatic carbocycles. The number of hydrogen-bond acceptors (Lipinski definition) is 5. The summed E-state index contributed by atoms with van der Waals surface area (Å²) >= 11 is 1.40. The normalized spacial score (nSPS) is 18.2. The van der Waals surface area contributed by atoms with Gasteiger partial charge in [-0.15, -0.1) is 11.3 Å². The highest BCUT2D eigenvalue weighted by Crippen LogP contribution is 2.24. The Morgan fingerprint density at radius 2 is 1.65 bits per heavy atom. The van der Waals surface area contributed by atoms with E-state index in [0.29, 0.717) is 42.6 Å². The number of thiazole rings is 1. The lowest BCUT2D eigenvalue weighted by Gasteiger charge is -2.38. The molecule has 0 bridgehead atoms. The number of rotatable bonds is 2. The number of carbonyl (C=O) groups excluding carboxylic acids is 2. The Hall–Kier alpha value is -2.35. The average Bonchev–Trinajstić information content (AvgIpc) is 3.39. The Morgan fingerprint density at radius 3 is 2.35 bits per heavy atom. The minimum Gasteiger partial charge on any atom is -0.462 e. The van der Waals surface area contributed by atoms with Gasteiger partial charge in [0.1, 0.15) is 5.69 Å². The van der Waals surface area contributed by atoms with Crippen LogP contribution in [0.15, 0.2) is 28.2 Å². The van der Waals surface area contributed by atoms with E-state index >= 15 is 0 Å². The molecule has 4 rings (SSSR count). The molecular weight excluding hydrogens is 352 g/mol. The van der Waals surface area contributed by atoms with Gasteiger partial charge in [-0.05, 0) is 31.4 Å². The lowest BCUT2D eigenvalue weighted by atomic mass is 10.1. The molecule has 2 aromatic rings. The van der Waals surface area contributed by atoms with Crippen molar-refractivity contribution in [1.82, 2.24) is 19.7 Å². The zero-order chi connectivity index (χ0) is 17.9. The molecule has 2 fully saturated rings. The monoisotopic (exact) mass is 374 g/mol. The molecule has 0 saturated carbocycles. The molecule has 26 heavy (non-hydrogen) atoms. The lowest BCUT2D eigenvalue weighted by Crippen LogP contribution is -2.54. The maximum atomic E-state index is 12.7. The van der Waals surface area contributed by atoms with E-state index in [-0.39, 0.29) is 11.9 Å². The topological polar surface area (TPSA) is 69.9 Å². The van der Waals surface area contributed by atoms with E-state index < -0.39 is 0 Å². The quantitative estimate of drug-likeness (QED) is 0.810. The predicted octanol–water partition coefficient (Wildman–Crippen LogP) is 2.77. The molecule has 2 saturated heterocycles. The number of aromatic nitrogens is 1. The molecule has 0 radical (unpaired) electrons. The Morgan fingerprint density at radius 1 is 0.962 bits per heavy atom. The number of likely N-dealkylation sites (tertiary alicyclic amines) is 1. The highest BCUT2D eigenvalue weighted by Gasteiger charge is 2.29. The van der Waals surface area contributed by atoms with Crippen LogP contribution >= 0.6 is 11.3 Å². The minimum atomic E-state index is -0.0795. The van der Waals surface area contributed by atoms with E-state index in [1.165, 1.54) is 17.8 Å². The van der Waals surface area contributed by atoms with Crippen molar-refractivity contribution in [3.8, 4) is 10.8 Å². The number of amides is 3. The molecule has 3 amide bonds. The number of hydrogen-bond donors (Lipinski definition) is 0. The molecule has 8 heteroatoms. The second-order valence-electron chi connectivity index (χ2n) is 6.62. The van der Waals surface area contributed by atoms with Crippen LogP contribution in [0.25, 0.3) is 10.8 Å². The number of nitrogens with zero attached hydrogens (tertiary/aromatic N) is 4. The van der Waals surface area contributed by atoms with Crippen molar-refractivity contribution in [2.75, 3.05) is 39.3 Å². The third-order valence-corrected chi connectivity index (χ3v) is 5.78. The minimum absolute atomic E-state index is 0.0795. The summed E-state index contributed by atoms with van der Waals surface area (Å²) in [7, 11) is 0. The lowest BCUT2D eigenvalue weighted by molar-refractivity contribution is 0.0628. The van der Waals surface area contributed by atoms with Crippen molar-refractivity contribution in [2.24, 2.45) is 0 Å². The second kappa shape index (κ2) is 7.49. The second-order valence-corrected chi connectivity index (χ2v) is 7.48. The molecule has 0 unspecified atom stereocenters. The van der Waals surface area contributed by atoms with Crippen LogP contribution in [0.3, 0.4) is 0 Å². The van der Waals surface area contributed by atoms with Crippen LogP contribution in [0.1, 0.15) is 29.8 Å². The summed E-state index contributed by atoms with van der Waals surface area (Å²) < 4.78 is 5.33. The van der Waals surface area contributed by atoms with E-state index in [4.69, 9.17) is 4.42 Å². The molecule has 4 heterocycles. The smallest absolute Gasteiger partial charge is 0.320 e. The number of furan rings is 1. The van der Waals surface area contributed by atoms with Crippen LogP contribution in [0.5, 0.6) is 0 Å². The Kier molecular flexibility index (Phi) is 4.92. The van der Waals surface area contributed by atoms with E-state index in [9.17, 15) is 9.59 Å². The molecule has 7 nitrogen and oxygen atoms in total. The van der Waals surface area contributed by atoms with Crippen LogP contribution in [-0.4, -0.2) is 70.9 Å². The predicted molar refractivity (Wildman–Crippen MR) is 98.1 cm³/mol. The first-order valence-corrected chi connectivity index (χ1v) is 9.93. The first-order chi connectivity index (χ1) is 12.7. The zero-order valence-electron chi connectivity index (χ0n) is 14.6. The maximum absolute atomic E-state index is 12.7. The van der Waals surface area contributed by atoms with Gasteiger partial charge in [0.05, 0.1) is 6.26 Å². The number of urea groups is 1. The molecular formula is C18H22N4O3S. The molecule has 138 valence electrons. The highest BCUT2D eigenvalue weighted by molar-refractivity contribution is 7.13. The van der Waals surface area contributed by atoms with Gasteiger partial charge in [-0.25, -0.2) is 9.78 Å². The van der Waals surface area contributed by atoms with Crippen molar-refractivity contribution in [1.29, 1.82) is 0 Å². The summed E-state index contributed by atoms with van der Waals surface area (Å²) in [5, 5.41) is 2.48. The summed E-state index contributed by atoms with van der Waals surface area (Å²) in [5.74, 6) is 0.593. The van der Waals surface area contributed by atoms with Crippen molar-refractivity contribution >= 4 is 23.3 Å². The van der Waals surface area contributed by atoms with Gasteiger partial charge in [0.2, 0.25) is 0 Å². The third-order valence-electron chi connectivity index (χ3n) is 4.92. The van der Waals surface area contributed by atoms with Gasteiger partial charge in [0.15, 0.2) is 10.8 Å². The molecule has 2 aliphatic heterocycles.